The lowest BCUT2D eigenvalue weighted by Gasteiger charge is -2.23. The second kappa shape index (κ2) is 13.4. The van der Waals surface area contributed by atoms with Crippen LogP contribution in [-0.2, 0) is 11.2 Å². The molecule has 26 heavy (non-hydrogen) atoms. The molecular weight excluding hydrogens is 459 g/mol. The maximum absolute atomic E-state index is 12.1. The predicted molar refractivity (Wildman–Crippen MR) is 122 cm³/mol. The third-order valence-electron chi connectivity index (χ3n) is 4.54. The van der Waals surface area contributed by atoms with E-state index in [1.54, 1.807) is 11.3 Å². The number of thiophene rings is 1. The first-order chi connectivity index (χ1) is 12.2. The van der Waals surface area contributed by atoms with Crippen molar-refractivity contribution in [3.05, 3.63) is 22.4 Å². The molecule has 7 heteroatoms. The summed E-state index contributed by atoms with van der Waals surface area (Å²) in [6.45, 7) is 4.35. The maximum Gasteiger partial charge on any atom is 0.222 e. The van der Waals surface area contributed by atoms with Gasteiger partial charge in [0.05, 0.1) is 6.54 Å². The van der Waals surface area contributed by atoms with Crippen LogP contribution in [0.2, 0.25) is 0 Å². The summed E-state index contributed by atoms with van der Waals surface area (Å²) >= 11 is 1.79. The number of halogens is 1. The lowest BCUT2D eigenvalue weighted by atomic mass is 9.95. The smallest absolute Gasteiger partial charge is 0.222 e. The summed E-state index contributed by atoms with van der Waals surface area (Å²) in [5.41, 5.74) is 0. The van der Waals surface area contributed by atoms with Gasteiger partial charge in [0.25, 0.3) is 0 Å². The van der Waals surface area contributed by atoms with Gasteiger partial charge < -0.3 is 15.5 Å². The molecule has 1 aromatic rings. The van der Waals surface area contributed by atoms with E-state index in [0.717, 1.165) is 38.3 Å². The number of nitrogens with one attached hydrogen (secondary N) is 2. The number of hydrogen-bond acceptors (Lipinski definition) is 3. The first-order valence-electron chi connectivity index (χ1n) is 9.50. The summed E-state index contributed by atoms with van der Waals surface area (Å²) in [6, 6.07) is 4.63. The molecule has 1 aliphatic rings. The zero-order chi connectivity index (χ0) is 17.9. The second-order valence-electron chi connectivity index (χ2n) is 6.64. The summed E-state index contributed by atoms with van der Waals surface area (Å²) in [5, 5.41) is 8.58. The molecule has 1 amide bonds. The fourth-order valence-corrected chi connectivity index (χ4v) is 3.82. The van der Waals surface area contributed by atoms with E-state index in [-0.39, 0.29) is 29.9 Å². The van der Waals surface area contributed by atoms with Crippen LogP contribution in [0.3, 0.4) is 0 Å². The normalized spacial score (nSPS) is 15.2. The van der Waals surface area contributed by atoms with Crippen molar-refractivity contribution in [3.8, 4) is 0 Å². The van der Waals surface area contributed by atoms with Crippen LogP contribution in [-0.4, -0.2) is 49.5 Å². The summed E-state index contributed by atoms with van der Waals surface area (Å²) in [4.78, 5) is 20.2. The molecule has 0 unspecified atom stereocenters. The molecule has 148 valence electrons. The van der Waals surface area contributed by atoms with Gasteiger partial charge >= 0.3 is 0 Å². The minimum absolute atomic E-state index is 0. The molecule has 1 fully saturated rings. The Balaban J connectivity index is 0.00000338. The first kappa shape index (κ1) is 23.2. The number of guanidine groups is 1. The molecule has 0 atom stereocenters. The standard InChI is InChI=1S/C19H32N4OS.HI/c1-3-20-19(23(2)14-12-17-10-7-15-25-17)21-13-11-18(24)22-16-8-5-4-6-9-16;/h7,10,15-16H,3-6,8-9,11-14H2,1-2H3,(H,20,21)(H,22,24);1H. The van der Waals surface area contributed by atoms with Crippen molar-refractivity contribution in [1.82, 2.24) is 15.5 Å². The molecule has 1 aromatic heterocycles. The van der Waals surface area contributed by atoms with E-state index >= 15 is 0 Å². The summed E-state index contributed by atoms with van der Waals surface area (Å²) in [6.07, 6.45) is 7.52. The van der Waals surface area contributed by atoms with Crippen molar-refractivity contribution < 1.29 is 4.79 Å². The van der Waals surface area contributed by atoms with Gasteiger partial charge in [-0.05, 0) is 37.6 Å². The van der Waals surface area contributed by atoms with Crippen LogP contribution in [0.5, 0.6) is 0 Å². The van der Waals surface area contributed by atoms with E-state index in [1.165, 1.54) is 24.1 Å². The van der Waals surface area contributed by atoms with Crippen molar-refractivity contribution in [2.75, 3.05) is 26.7 Å². The molecule has 2 N–H and O–H groups in total. The van der Waals surface area contributed by atoms with Gasteiger partial charge in [-0.2, -0.15) is 0 Å². The Morgan fingerprint density at radius 1 is 1.35 bits per heavy atom. The molecule has 1 heterocycles. The van der Waals surface area contributed by atoms with Gasteiger partial charge in [0.15, 0.2) is 5.96 Å². The van der Waals surface area contributed by atoms with E-state index in [4.69, 9.17) is 0 Å². The van der Waals surface area contributed by atoms with Gasteiger partial charge in [-0.15, -0.1) is 35.3 Å². The molecule has 1 aliphatic carbocycles. The lowest BCUT2D eigenvalue weighted by Crippen LogP contribution is -2.40. The molecule has 0 radical (unpaired) electrons. The highest BCUT2D eigenvalue weighted by molar-refractivity contribution is 14.0. The fourth-order valence-electron chi connectivity index (χ4n) is 3.12. The third-order valence-corrected chi connectivity index (χ3v) is 5.48. The first-order valence-corrected chi connectivity index (χ1v) is 10.4. The van der Waals surface area contributed by atoms with Crippen molar-refractivity contribution >= 4 is 47.2 Å². The predicted octanol–water partition coefficient (Wildman–Crippen LogP) is 3.64. The van der Waals surface area contributed by atoms with E-state index in [2.05, 4.69) is 52.0 Å². The molecule has 0 aliphatic heterocycles. The topological polar surface area (TPSA) is 56.7 Å². The Hall–Kier alpha value is -0.830. The average molecular weight is 492 g/mol. The SMILES string of the molecule is CCNC(=NCCC(=O)NC1CCCCC1)N(C)CCc1cccs1.I. The van der Waals surface area contributed by atoms with Crippen molar-refractivity contribution in [3.63, 3.8) is 0 Å². The highest BCUT2D eigenvalue weighted by Gasteiger charge is 2.15. The number of amides is 1. The molecule has 0 saturated heterocycles. The number of rotatable bonds is 8. The van der Waals surface area contributed by atoms with E-state index < -0.39 is 0 Å². The van der Waals surface area contributed by atoms with Crippen LogP contribution in [0.4, 0.5) is 0 Å². The second-order valence-corrected chi connectivity index (χ2v) is 7.67. The number of likely N-dealkylation sites (N-methyl/N-ethyl adjacent to an activating group) is 1. The number of carbonyl (C=O) groups is 1. The molecule has 0 bridgehead atoms. The largest absolute Gasteiger partial charge is 0.357 e. The highest BCUT2D eigenvalue weighted by atomic mass is 127. The molecule has 2 rings (SSSR count). The summed E-state index contributed by atoms with van der Waals surface area (Å²) in [7, 11) is 2.05. The maximum atomic E-state index is 12.1. The van der Waals surface area contributed by atoms with Crippen molar-refractivity contribution in [2.45, 2.75) is 57.9 Å². The van der Waals surface area contributed by atoms with Crippen LogP contribution < -0.4 is 10.6 Å². The third kappa shape index (κ3) is 8.70. The highest BCUT2D eigenvalue weighted by Crippen LogP contribution is 2.17. The van der Waals surface area contributed by atoms with Crippen LogP contribution >= 0.6 is 35.3 Å². The Morgan fingerprint density at radius 2 is 2.12 bits per heavy atom. The van der Waals surface area contributed by atoms with E-state index in [0.29, 0.717) is 19.0 Å². The Morgan fingerprint density at radius 3 is 2.77 bits per heavy atom. The number of hydrogen-bond donors (Lipinski definition) is 2. The summed E-state index contributed by atoms with van der Waals surface area (Å²) in [5.74, 6) is 1.01. The van der Waals surface area contributed by atoms with Gasteiger partial charge in [0.2, 0.25) is 5.91 Å². The van der Waals surface area contributed by atoms with Crippen molar-refractivity contribution in [2.24, 2.45) is 4.99 Å². The molecule has 0 spiro atoms. The van der Waals surface area contributed by atoms with Gasteiger partial charge in [-0.1, -0.05) is 25.3 Å². The van der Waals surface area contributed by atoms with Gasteiger partial charge in [0.1, 0.15) is 0 Å². The van der Waals surface area contributed by atoms with Crippen LogP contribution in [0, 0.1) is 0 Å². The average Bonchev–Trinajstić information content (AvgIpc) is 3.13. The van der Waals surface area contributed by atoms with Gasteiger partial charge in [-0.3, -0.25) is 9.79 Å². The zero-order valence-electron chi connectivity index (χ0n) is 16.0. The Kier molecular flexibility index (Phi) is 11.9. The Bertz CT molecular complexity index is 530. The monoisotopic (exact) mass is 492 g/mol. The minimum atomic E-state index is 0. The van der Waals surface area contributed by atoms with Gasteiger partial charge in [0, 0.05) is 37.5 Å². The molecule has 0 aromatic carbocycles. The quantitative estimate of drug-likeness (QED) is 0.331. The van der Waals surface area contributed by atoms with Gasteiger partial charge in [-0.25, -0.2) is 0 Å². The van der Waals surface area contributed by atoms with Crippen LogP contribution in [0.1, 0.15) is 50.3 Å². The summed E-state index contributed by atoms with van der Waals surface area (Å²) < 4.78 is 0. The molecule has 5 nitrogen and oxygen atoms in total. The van der Waals surface area contributed by atoms with E-state index in [9.17, 15) is 4.79 Å². The fraction of sp³-hybridized carbons (Fsp3) is 0.684. The Labute approximate surface area is 179 Å². The zero-order valence-corrected chi connectivity index (χ0v) is 19.1. The van der Waals surface area contributed by atoms with Crippen molar-refractivity contribution in [1.29, 1.82) is 0 Å². The van der Waals surface area contributed by atoms with Crippen LogP contribution in [0.25, 0.3) is 0 Å². The molecule has 1 saturated carbocycles. The minimum Gasteiger partial charge on any atom is -0.357 e. The molecular formula is C19H33IN4OS. The number of carbonyl (C=O) groups excluding carboxylic acids is 1. The number of aliphatic imine (C=N–C) groups is 1. The lowest BCUT2D eigenvalue weighted by molar-refractivity contribution is -0.121. The van der Waals surface area contributed by atoms with E-state index in [1.807, 2.05) is 0 Å². The van der Waals surface area contributed by atoms with Crippen LogP contribution in [0.15, 0.2) is 22.5 Å². The number of nitrogens with zero attached hydrogens (tertiary/aromatic N) is 2.